The lowest BCUT2D eigenvalue weighted by molar-refractivity contribution is -0.120. The molecule has 0 aliphatic rings. The van der Waals surface area contributed by atoms with Crippen LogP contribution < -0.4 is 10.2 Å². The number of amides is 1. The average molecular weight is 441 g/mol. The van der Waals surface area contributed by atoms with E-state index in [4.69, 9.17) is 27.9 Å². The molecule has 0 spiro atoms. The van der Waals surface area contributed by atoms with E-state index < -0.39 is 0 Å². The number of nitrogens with zero attached hydrogens (tertiary/aromatic N) is 1. The molecular formula is C24H22Cl2N2O2. The molecule has 154 valence electrons. The number of nitrogens with one attached hydrogen (secondary N) is 1. The van der Waals surface area contributed by atoms with E-state index in [1.807, 2.05) is 56.3 Å². The van der Waals surface area contributed by atoms with Gasteiger partial charge in [0.2, 0.25) is 5.91 Å². The summed E-state index contributed by atoms with van der Waals surface area (Å²) in [7, 11) is 0. The number of carbonyl (C=O) groups excluding carboxylic acids is 1. The predicted octanol–water partition coefficient (Wildman–Crippen LogP) is 5.88. The zero-order valence-electron chi connectivity index (χ0n) is 16.8. The lowest BCUT2D eigenvalue weighted by Gasteiger charge is -2.07. The van der Waals surface area contributed by atoms with Crippen LogP contribution in [0.5, 0.6) is 5.75 Å². The van der Waals surface area contributed by atoms with Gasteiger partial charge < -0.3 is 4.74 Å². The van der Waals surface area contributed by atoms with Crippen molar-refractivity contribution in [2.24, 2.45) is 5.10 Å². The molecule has 30 heavy (non-hydrogen) atoms. The summed E-state index contributed by atoms with van der Waals surface area (Å²) in [5.74, 6) is 0.567. The van der Waals surface area contributed by atoms with E-state index in [2.05, 4.69) is 16.6 Å². The number of rotatable bonds is 7. The number of hydrogen-bond donors (Lipinski definition) is 1. The Balaban J connectivity index is 1.49. The van der Waals surface area contributed by atoms with Gasteiger partial charge in [-0.05, 0) is 72.5 Å². The van der Waals surface area contributed by atoms with Crippen LogP contribution in [0.15, 0.2) is 65.8 Å². The summed E-state index contributed by atoms with van der Waals surface area (Å²) < 4.78 is 5.75. The first-order valence-corrected chi connectivity index (χ1v) is 10.2. The Morgan fingerprint density at radius 3 is 2.47 bits per heavy atom. The van der Waals surface area contributed by atoms with Gasteiger partial charge in [0, 0.05) is 0 Å². The summed E-state index contributed by atoms with van der Waals surface area (Å²) in [6, 6.07) is 18.9. The van der Waals surface area contributed by atoms with Gasteiger partial charge in [-0.25, -0.2) is 5.43 Å². The summed E-state index contributed by atoms with van der Waals surface area (Å²) in [4.78, 5) is 12.1. The van der Waals surface area contributed by atoms with E-state index in [1.165, 1.54) is 5.56 Å². The van der Waals surface area contributed by atoms with Crippen LogP contribution >= 0.6 is 23.2 Å². The number of hydrazone groups is 1. The lowest BCUT2D eigenvalue weighted by Crippen LogP contribution is -2.20. The first-order valence-electron chi connectivity index (χ1n) is 9.45. The number of halogens is 2. The highest BCUT2D eigenvalue weighted by Crippen LogP contribution is 2.23. The smallest absolute Gasteiger partial charge is 0.244 e. The third-order valence-corrected chi connectivity index (χ3v) is 5.26. The minimum atomic E-state index is -0.153. The van der Waals surface area contributed by atoms with Crippen molar-refractivity contribution in [2.75, 3.05) is 0 Å². The first kappa shape index (κ1) is 21.9. The molecule has 1 N–H and O–H groups in total. The van der Waals surface area contributed by atoms with Gasteiger partial charge in [-0.1, -0.05) is 53.0 Å². The van der Waals surface area contributed by atoms with Gasteiger partial charge in [-0.15, -0.1) is 0 Å². The second-order valence-electron chi connectivity index (χ2n) is 7.01. The van der Waals surface area contributed by atoms with E-state index in [0.29, 0.717) is 23.1 Å². The lowest BCUT2D eigenvalue weighted by atomic mass is 10.0. The van der Waals surface area contributed by atoms with Crippen molar-refractivity contribution in [3.8, 4) is 5.75 Å². The van der Waals surface area contributed by atoms with Crippen LogP contribution in [0.2, 0.25) is 10.0 Å². The van der Waals surface area contributed by atoms with Gasteiger partial charge in [0.25, 0.3) is 0 Å². The molecule has 3 aromatic rings. The molecular weight excluding hydrogens is 419 g/mol. The van der Waals surface area contributed by atoms with Gasteiger partial charge in [0.15, 0.2) is 0 Å². The van der Waals surface area contributed by atoms with Crippen molar-refractivity contribution >= 4 is 35.3 Å². The van der Waals surface area contributed by atoms with Crippen LogP contribution in [0, 0.1) is 13.8 Å². The summed E-state index contributed by atoms with van der Waals surface area (Å²) in [6.45, 7) is 4.42. The van der Waals surface area contributed by atoms with Crippen LogP contribution in [0.3, 0.4) is 0 Å². The van der Waals surface area contributed by atoms with Crippen LogP contribution in [0.25, 0.3) is 0 Å². The van der Waals surface area contributed by atoms with Crippen LogP contribution in [-0.2, 0) is 17.8 Å². The zero-order chi connectivity index (χ0) is 21.5. The minimum Gasteiger partial charge on any atom is -0.489 e. The maximum absolute atomic E-state index is 12.1. The molecule has 0 saturated heterocycles. The Bertz CT molecular complexity index is 1060. The fourth-order valence-corrected chi connectivity index (χ4v) is 3.20. The highest BCUT2D eigenvalue weighted by atomic mass is 35.5. The van der Waals surface area contributed by atoms with Crippen molar-refractivity contribution in [1.82, 2.24) is 5.43 Å². The van der Waals surface area contributed by atoms with E-state index in [0.717, 1.165) is 28.0 Å². The normalized spacial score (nSPS) is 10.9. The Morgan fingerprint density at radius 2 is 1.77 bits per heavy atom. The van der Waals surface area contributed by atoms with Crippen molar-refractivity contribution < 1.29 is 9.53 Å². The molecule has 6 heteroatoms. The standard InChI is InChI=1S/C24H22Cl2N2O2/c1-16-3-7-20(17(2)11-16)13-24(29)28-27-14-18-4-8-21(9-5-18)30-15-19-6-10-22(25)23(26)12-19/h3-12,14H,13,15H2,1-2H3,(H,28,29)/b27-14+. The Hall–Kier alpha value is -2.82. The molecule has 0 aromatic heterocycles. The number of aryl methyl sites for hydroxylation is 2. The molecule has 0 fully saturated rings. The van der Waals surface area contributed by atoms with E-state index in [1.54, 1.807) is 18.3 Å². The summed E-state index contributed by atoms with van der Waals surface area (Å²) in [5, 5.41) is 5.06. The predicted molar refractivity (Wildman–Crippen MR) is 123 cm³/mol. The van der Waals surface area contributed by atoms with Gasteiger partial charge in [0.1, 0.15) is 12.4 Å². The maximum Gasteiger partial charge on any atom is 0.244 e. The maximum atomic E-state index is 12.1. The molecule has 0 aliphatic heterocycles. The highest BCUT2D eigenvalue weighted by molar-refractivity contribution is 6.42. The van der Waals surface area contributed by atoms with Gasteiger partial charge in [0.05, 0.1) is 22.7 Å². The highest BCUT2D eigenvalue weighted by Gasteiger charge is 2.05. The fourth-order valence-electron chi connectivity index (χ4n) is 2.88. The van der Waals surface area contributed by atoms with E-state index in [-0.39, 0.29) is 5.91 Å². The topological polar surface area (TPSA) is 50.7 Å². The molecule has 1 amide bonds. The van der Waals surface area contributed by atoms with Crippen molar-refractivity contribution in [3.63, 3.8) is 0 Å². The summed E-state index contributed by atoms with van der Waals surface area (Å²) in [6.07, 6.45) is 1.90. The fraction of sp³-hybridized carbons (Fsp3) is 0.167. The minimum absolute atomic E-state index is 0.153. The summed E-state index contributed by atoms with van der Waals surface area (Å²) in [5.41, 5.74) is 7.63. The number of benzene rings is 3. The number of carbonyl (C=O) groups is 1. The average Bonchev–Trinajstić information content (AvgIpc) is 2.72. The second-order valence-corrected chi connectivity index (χ2v) is 7.82. The summed E-state index contributed by atoms with van der Waals surface area (Å²) >= 11 is 11.9. The molecule has 0 bridgehead atoms. The third kappa shape index (κ3) is 6.34. The molecule has 0 radical (unpaired) electrons. The molecule has 4 nitrogen and oxygen atoms in total. The van der Waals surface area contributed by atoms with Crippen molar-refractivity contribution in [2.45, 2.75) is 26.9 Å². The monoisotopic (exact) mass is 440 g/mol. The van der Waals surface area contributed by atoms with Crippen LogP contribution in [-0.4, -0.2) is 12.1 Å². The molecule has 3 rings (SSSR count). The molecule has 0 aliphatic carbocycles. The van der Waals surface area contributed by atoms with Crippen LogP contribution in [0.1, 0.15) is 27.8 Å². The Morgan fingerprint density at radius 1 is 1.00 bits per heavy atom. The molecule has 0 atom stereocenters. The Labute approximate surface area is 186 Å². The molecule has 3 aromatic carbocycles. The molecule has 0 unspecified atom stereocenters. The largest absolute Gasteiger partial charge is 0.489 e. The molecule has 0 heterocycles. The first-order chi connectivity index (χ1) is 14.4. The van der Waals surface area contributed by atoms with E-state index in [9.17, 15) is 4.79 Å². The van der Waals surface area contributed by atoms with Crippen molar-refractivity contribution in [3.05, 3.63) is 98.5 Å². The van der Waals surface area contributed by atoms with Gasteiger partial charge in [-0.2, -0.15) is 5.10 Å². The number of hydrogen-bond acceptors (Lipinski definition) is 3. The van der Waals surface area contributed by atoms with Crippen LogP contribution in [0.4, 0.5) is 0 Å². The van der Waals surface area contributed by atoms with Gasteiger partial charge in [-0.3, -0.25) is 4.79 Å². The molecule has 0 saturated carbocycles. The second kappa shape index (κ2) is 10.3. The Kier molecular flexibility index (Phi) is 7.50. The quantitative estimate of drug-likeness (QED) is 0.368. The number of ether oxygens (including phenoxy) is 1. The third-order valence-electron chi connectivity index (χ3n) is 4.52. The SMILES string of the molecule is Cc1ccc(CC(=O)N/N=C/c2ccc(OCc3ccc(Cl)c(Cl)c3)cc2)c(C)c1. The van der Waals surface area contributed by atoms with E-state index >= 15 is 0 Å². The van der Waals surface area contributed by atoms with Gasteiger partial charge >= 0.3 is 0 Å². The zero-order valence-corrected chi connectivity index (χ0v) is 18.3. The van der Waals surface area contributed by atoms with Crippen molar-refractivity contribution in [1.29, 1.82) is 0 Å².